The number of carbonyl (C=O) groups excluding carboxylic acids is 1. The van der Waals surface area contributed by atoms with Gasteiger partial charge in [0.25, 0.3) is 0 Å². The molecule has 5 fully saturated rings. The molecule has 1 amide bonds. The summed E-state index contributed by atoms with van der Waals surface area (Å²) >= 11 is 0. The van der Waals surface area contributed by atoms with Gasteiger partial charge in [-0.1, -0.05) is 29.8 Å². The first-order valence-electron chi connectivity index (χ1n) is 12.0. The normalized spacial score (nSPS) is 36.7. The number of nitrogens with one attached hydrogen (secondary N) is 1. The molecule has 0 unspecified atom stereocenters. The average Bonchev–Trinajstić information content (AvgIpc) is 3.43. The zero-order valence-electron chi connectivity index (χ0n) is 18.2. The van der Waals surface area contributed by atoms with Gasteiger partial charge in [-0.25, -0.2) is 4.68 Å². The maximum absolute atomic E-state index is 13.4. The summed E-state index contributed by atoms with van der Waals surface area (Å²) < 4.78 is 1.86. The third kappa shape index (κ3) is 3.56. The van der Waals surface area contributed by atoms with Crippen molar-refractivity contribution in [1.29, 1.82) is 0 Å². The molecule has 4 saturated carbocycles. The van der Waals surface area contributed by atoms with Crippen LogP contribution in [-0.4, -0.2) is 49.6 Å². The molecule has 1 aromatic carbocycles. The Morgan fingerprint density at radius 3 is 2.39 bits per heavy atom. The Morgan fingerprint density at radius 2 is 1.74 bits per heavy atom. The van der Waals surface area contributed by atoms with Crippen LogP contribution < -0.4 is 5.32 Å². The van der Waals surface area contributed by atoms with Crippen LogP contribution in [0.25, 0.3) is 0 Å². The molecule has 1 aromatic heterocycles. The highest BCUT2D eigenvalue weighted by atomic mass is 16.2. The van der Waals surface area contributed by atoms with Crippen LogP contribution >= 0.6 is 0 Å². The molecule has 0 radical (unpaired) electrons. The van der Waals surface area contributed by atoms with Crippen LogP contribution in [-0.2, 0) is 11.3 Å². The molecule has 4 aliphatic carbocycles. The SMILES string of the molecule is Cc1ccc(CNC(=O)[C@@H]2C[C@H](n3cnnn3)CN2C2C3CC4CC(C3)CC2C4)cc1. The van der Waals surface area contributed by atoms with Crippen molar-refractivity contribution in [3.8, 4) is 0 Å². The summed E-state index contributed by atoms with van der Waals surface area (Å²) in [5.41, 5.74) is 2.39. The van der Waals surface area contributed by atoms with Crippen LogP contribution in [0.15, 0.2) is 30.6 Å². The number of aryl methyl sites for hydroxylation is 1. The van der Waals surface area contributed by atoms with E-state index in [0.717, 1.165) is 42.2 Å². The third-order valence-corrected chi connectivity index (χ3v) is 8.51. The third-order valence-electron chi connectivity index (χ3n) is 8.51. The fourth-order valence-corrected chi connectivity index (χ4v) is 7.40. The summed E-state index contributed by atoms with van der Waals surface area (Å²) in [7, 11) is 0. The Hall–Kier alpha value is -2.28. The van der Waals surface area contributed by atoms with E-state index in [2.05, 4.69) is 56.9 Å². The molecule has 7 rings (SSSR count). The summed E-state index contributed by atoms with van der Waals surface area (Å²) in [6, 6.07) is 9.03. The summed E-state index contributed by atoms with van der Waals surface area (Å²) in [5, 5.41) is 15.1. The first-order chi connectivity index (χ1) is 15.1. The van der Waals surface area contributed by atoms with Crippen LogP contribution in [0.3, 0.4) is 0 Å². The summed E-state index contributed by atoms with van der Waals surface area (Å²) in [6.45, 7) is 3.55. The maximum Gasteiger partial charge on any atom is 0.237 e. The Morgan fingerprint density at radius 1 is 1.03 bits per heavy atom. The Balaban J connectivity index is 1.22. The number of nitrogens with zero attached hydrogens (tertiary/aromatic N) is 5. The van der Waals surface area contributed by atoms with Gasteiger partial charge in [0.15, 0.2) is 0 Å². The van der Waals surface area contributed by atoms with Crippen LogP contribution in [0.5, 0.6) is 0 Å². The van der Waals surface area contributed by atoms with Crippen molar-refractivity contribution in [1.82, 2.24) is 30.4 Å². The fraction of sp³-hybridized carbons (Fsp3) is 0.667. The minimum Gasteiger partial charge on any atom is -0.351 e. The lowest BCUT2D eigenvalue weighted by Crippen LogP contribution is -2.59. The van der Waals surface area contributed by atoms with E-state index in [1.165, 1.54) is 37.7 Å². The molecule has 2 atom stereocenters. The monoisotopic (exact) mass is 420 g/mol. The zero-order valence-corrected chi connectivity index (χ0v) is 18.2. The number of amides is 1. The lowest BCUT2D eigenvalue weighted by Gasteiger charge is -2.57. The second-order valence-electron chi connectivity index (χ2n) is 10.5. The summed E-state index contributed by atoms with van der Waals surface area (Å²) in [6.07, 6.45) is 9.39. The van der Waals surface area contributed by atoms with Crippen molar-refractivity contribution < 1.29 is 4.79 Å². The largest absolute Gasteiger partial charge is 0.351 e. The van der Waals surface area contributed by atoms with Crippen molar-refractivity contribution in [2.24, 2.45) is 23.7 Å². The standard InChI is InChI=1S/C24H32N6O/c1-15-2-4-16(5-3-15)12-25-24(31)22-11-21(30-14-26-27-28-30)13-29(22)23-19-7-17-6-18(9-19)10-20(23)8-17/h2-5,14,17-23H,6-13H2,1H3,(H,25,31)/t17?,18?,19?,20?,21-,22-,23?/m0/s1. The van der Waals surface area contributed by atoms with Gasteiger partial charge in [-0.2, -0.15) is 0 Å². The molecule has 2 aromatic rings. The number of rotatable bonds is 5. The number of benzene rings is 1. The minimum absolute atomic E-state index is 0.0952. The second kappa shape index (κ2) is 7.69. The summed E-state index contributed by atoms with van der Waals surface area (Å²) in [5.74, 6) is 3.55. The van der Waals surface area contributed by atoms with E-state index >= 15 is 0 Å². The minimum atomic E-state index is -0.0952. The molecule has 164 valence electrons. The van der Waals surface area contributed by atoms with Gasteiger partial charge in [0.2, 0.25) is 5.91 Å². The van der Waals surface area contributed by atoms with Gasteiger partial charge < -0.3 is 5.32 Å². The van der Waals surface area contributed by atoms with Crippen molar-refractivity contribution in [2.75, 3.05) is 6.54 Å². The predicted octanol–water partition coefficient (Wildman–Crippen LogP) is 2.74. The van der Waals surface area contributed by atoms with Gasteiger partial charge in [-0.3, -0.25) is 9.69 Å². The lowest BCUT2D eigenvalue weighted by atomic mass is 9.54. The first kappa shape index (κ1) is 19.4. The van der Waals surface area contributed by atoms with E-state index in [1.807, 2.05) is 4.68 Å². The highest BCUT2D eigenvalue weighted by Crippen LogP contribution is 2.56. The number of aromatic nitrogens is 4. The molecule has 5 aliphatic rings. The Labute approximate surface area is 183 Å². The molecule has 2 heterocycles. The number of carbonyl (C=O) groups is 1. The van der Waals surface area contributed by atoms with E-state index in [-0.39, 0.29) is 18.0 Å². The van der Waals surface area contributed by atoms with E-state index in [4.69, 9.17) is 0 Å². The molecule has 1 aliphatic heterocycles. The van der Waals surface area contributed by atoms with Crippen LogP contribution in [0.1, 0.15) is 55.7 Å². The Kier molecular flexibility index (Phi) is 4.82. The molecule has 7 heteroatoms. The summed E-state index contributed by atoms with van der Waals surface area (Å²) in [4.78, 5) is 16.0. The van der Waals surface area contributed by atoms with E-state index in [0.29, 0.717) is 12.6 Å². The van der Waals surface area contributed by atoms with Gasteiger partial charge in [0.05, 0.1) is 12.1 Å². The topological polar surface area (TPSA) is 75.9 Å². The highest BCUT2D eigenvalue weighted by molar-refractivity contribution is 5.82. The van der Waals surface area contributed by atoms with Crippen molar-refractivity contribution in [2.45, 2.75) is 70.1 Å². The average molecular weight is 421 g/mol. The lowest BCUT2D eigenvalue weighted by molar-refractivity contribution is -0.130. The zero-order chi connectivity index (χ0) is 20.9. The number of likely N-dealkylation sites (tertiary alicyclic amines) is 1. The predicted molar refractivity (Wildman–Crippen MR) is 116 cm³/mol. The maximum atomic E-state index is 13.4. The van der Waals surface area contributed by atoms with E-state index in [1.54, 1.807) is 6.33 Å². The van der Waals surface area contributed by atoms with Gasteiger partial charge >= 0.3 is 0 Å². The van der Waals surface area contributed by atoms with Crippen molar-refractivity contribution in [3.63, 3.8) is 0 Å². The van der Waals surface area contributed by atoms with E-state index in [9.17, 15) is 4.79 Å². The number of tetrazole rings is 1. The smallest absolute Gasteiger partial charge is 0.237 e. The second-order valence-corrected chi connectivity index (χ2v) is 10.5. The molecule has 7 nitrogen and oxygen atoms in total. The van der Waals surface area contributed by atoms with Crippen molar-refractivity contribution >= 4 is 5.91 Å². The Bertz CT molecular complexity index is 898. The molecule has 0 spiro atoms. The molecule has 4 bridgehead atoms. The number of hydrogen-bond donors (Lipinski definition) is 1. The van der Waals surface area contributed by atoms with Gasteiger partial charge in [0.1, 0.15) is 6.33 Å². The first-order valence-corrected chi connectivity index (χ1v) is 12.0. The molecule has 1 N–H and O–H groups in total. The molecule has 31 heavy (non-hydrogen) atoms. The number of hydrogen-bond acceptors (Lipinski definition) is 5. The van der Waals surface area contributed by atoms with Gasteiger partial charge in [0, 0.05) is 19.1 Å². The van der Waals surface area contributed by atoms with Crippen LogP contribution in [0.4, 0.5) is 0 Å². The van der Waals surface area contributed by atoms with Crippen molar-refractivity contribution in [3.05, 3.63) is 41.7 Å². The fourth-order valence-electron chi connectivity index (χ4n) is 7.40. The van der Waals surface area contributed by atoms with E-state index < -0.39 is 0 Å². The molecular weight excluding hydrogens is 388 g/mol. The van der Waals surface area contributed by atoms with Gasteiger partial charge in [-0.05, 0) is 85.1 Å². The van der Waals surface area contributed by atoms with Gasteiger partial charge in [-0.15, -0.1) is 5.10 Å². The molecular formula is C24H32N6O. The van der Waals surface area contributed by atoms with Crippen LogP contribution in [0, 0.1) is 30.6 Å². The molecule has 1 saturated heterocycles. The van der Waals surface area contributed by atoms with Crippen LogP contribution in [0.2, 0.25) is 0 Å². The highest BCUT2D eigenvalue weighted by Gasteiger charge is 2.53. The quantitative estimate of drug-likeness (QED) is 0.805.